The number of amides is 2. The minimum absolute atomic E-state index is 0.0618. The van der Waals surface area contributed by atoms with E-state index in [2.05, 4.69) is 0 Å². The normalized spacial score (nSPS) is 14.3. The van der Waals surface area contributed by atoms with Crippen molar-refractivity contribution >= 4 is 17.5 Å². The molecule has 3 rings (SSSR count). The topological polar surface area (TPSA) is 66.6 Å². The summed E-state index contributed by atoms with van der Waals surface area (Å²) in [4.78, 5) is 28.4. The molecule has 0 unspecified atom stereocenters. The average molecular weight is 369 g/mol. The van der Waals surface area contributed by atoms with Gasteiger partial charge in [-0.25, -0.2) is 4.39 Å². The molecule has 1 aliphatic rings. The van der Waals surface area contributed by atoms with Crippen LogP contribution in [-0.2, 0) is 11.2 Å². The Morgan fingerprint density at radius 1 is 1.04 bits per heavy atom. The van der Waals surface area contributed by atoms with Crippen LogP contribution in [0.1, 0.15) is 27.9 Å². The van der Waals surface area contributed by atoms with Gasteiger partial charge < -0.3 is 15.5 Å². The molecule has 27 heavy (non-hydrogen) atoms. The molecule has 0 atom stereocenters. The van der Waals surface area contributed by atoms with Crippen LogP contribution < -0.4 is 5.73 Å². The van der Waals surface area contributed by atoms with Crippen LogP contribution in [0.4, 0.5) is 10.1 Å². The summed E-state index contributed by atoms with van der Waals surface area (Å²) in [6.07, 6.45) is 0.999. The summed E-state index contributed by atoms with van der Waals surface area (Å²) in [6, 6.07) is 12.1. The molecule has 142 valence electrons. The van der Waals surface area contributed by atoms with Crippen molar-refractivity contribution in [2.24, 2.45) is 0 Å². The van der Waals surface area contributed by atoms with Crippen molar-refractivity contribution in [1.82, 2.24) is 9.80 Å². The minimum atomic E-state index is -0.380. The zero-order valence-electron chi connectivity index (χ0n) is 15.5. The molecule has 2 aromatic carbocycles. The number of nitrogens with zero attached hydrogens (tertiary/aromatic N) is 2. The Morgan fingerprint density at radius 3 is 2.37 bits per heavy atom. The van der Waals surface area contributed by atoms with E-state index in [4.69, 9.17) is 5.73 Å². The number of piperazine rings is 1. The predicted octanol–water partition coefficient (Wildman–Crippen LogP) is 2.63. The van der Waals surface area contributed by atoms with Crippen LogP contribution in [-0.4, -0.2) is 47.8 Å². The summed E-state index contributed by atoms with van der Waals surface area (Å²) in [5.74, 6) is -0.514. The Hall–Kier alpha value is -2.89. The smallest absolute Gasteiger partial charge is 0.254 e. The highest BCUT2D eigenvalue weighted by Crippen LogP contribution is 2.16. The number of anilines is 1. The molecule has 2 amide bonds. The molecule has 0 bridgehead atoms. The zero-order chi connectivity index (χ0) is 19.4. The zero-order valence-corrected chi connectivity index (χ0v) is 15.5. The van der Waals surface area contributed by atoms with Gasteiger partial charge in [-0.1, -0.05) is 24.3 Å². The molecule has 1 fully saturated rings. The van der Waals surface area contributed by atoms with Crippen LogP contribution in [0, 0.1) is 12.7 Å². The Bertz CT molecular complexity index is 845. The van der Waals surface area contributed by atoms with Gasteiger partial charge in [0.05, 0.1) is 0 Å². The van der Waals surface area contributed by atoms with E-state index in [9.17, 15) is 14.0 Å². The fourth-order valence-corrected chi connectivity index (χ4v) is 3.23. The van der Waals surface area contributed by atoms with Crippen LogP contribution in [0.15, 0.2) is 42.5 Å². The summed E-state index contributed by atoms with van der Waals surface area (Å²) in [5, 5.41) is 0. The van der Waals surface area contributed by atoms with Crippen LogP contribution >= 0.6 is 0 Å². The number of para-hydroxylation sites is 1. The first-order valence-electron chi connectivity index (χ1n) is 9.12. The lowest BCUT2D eigenvalue weighted by molar-refractivity contribution is -0.132. The van der Waals surface area contributed by atoms with Crippen molar-refractivity contribution in [1.29, 1.82) is 0 Å². The van der Waals surface area contributed by atoms with E-state index in [0.717, 1.165) is 5.56 Å². The summed E-state index contributed by atoms with van der Waals surface area (Å²) >= 11 is 0. The molecular weight excluding hydrogens is 345 g/mol. The number of nitrogen functional groups attached to an aromatic ring is 1. The van der Waals surface area contributed by atoms with Gasteiger partial charge in [0, 0.05) is 43.9 Å². The van der Waals surface area contributed by atoms with Gasteiger partial charge in [-0.05, 0) is 42.7 Å². The average Bonchev–Trinajstić information content (AvgIpc) is 2.69. The molecule has 6 heteroatoms. The Balaban J connectivity index is 1.52. The molecule has 1 aliphatic heterocycles. The Labute approximate surface area is 158 Å². The van der Waals surface area contributed by atoms with Crippen LogP contribution in [0.3, 0.4) is 0 Å². The summed E-state index contributed by atoms with van der Waals surface area (Å²) in [5.41, 5.74) is 8.45. The van der Waals surface area contributed by atoms with Crippen molar-refractivity contribution in [3.8, 4) is 0 Å². The Kier molecular flexibility index (Phi) is 5.74. The van der Waals surface area contributed by atoms with Gasteiger partial charge in [-0.15, -0.1) is 0 Å². The monoisotopic (exact) mass is 369 g/mol. The summed E-state index contributed by atoms with van der Waals surface area (Å²) < 4.78 is 13.7. The van der Waals surface area contributed by atoms with E-state index in [1.54, 1.807) is 28.9 Å². The summed E-state index contributed by atoms with van der Waals surface area (Å²) in [7, 11) is 0. The second-order valence-corrected chi connectivity index (χ2v) is 6.84. The molecule has 0 saturated carbocycles. The quantitative estimate of drug-likeness (QED) is 0.843. The highest BCUT2D eigenvalue weighted by Gasteiger charge is 2.25. The lowest BCUT2D eigenvalue weighted by Gasteiger charge is -2.35. The van der Waals surface area contributed by atoms with Crippen LogP contribution in [0.2, 0.25) is 0 Å². The molecule has 2 N–H and O–H groups in total. The second kappa shape index (κ2) is 8.20. The van der Waals surface area contributed by atoms with Crippen LogP contribution in [0.25, 0.3) is 0 Å². The first kappa shape index (κ1) is 18.9. The van der Waals surface area contributed by atoms with Gasteiger partial charge in [0.15, 0.2) is 0 Å². The lowest BCUT2D eigenvalue weighted by atomic mass is 10.1. The highest BCUT2D eigenvalue weighted by atomic mass is 19.1. The number of carbonyl (C=O) groups excluding carboxylic acids is 2. The number of benzene rings is 2. The van der Waals surface area contributed by atoms with E-state index < -0.39 is 0 Å². The van der Waals surface area contributed by atoms with Crippen molar-refractivity contribution in [3.05, 3.63) is 65.0 Å². The van der Waals surface area contributed by atoms with Crippen molar-refractivity contribution < 1.29 is 14.0 Å². The van der Waals surface area contributed by atoms with E-state index in [1.807, 2.05) is 24.3 Å². The maximum atomic E-state index is 13.7. The number of hydrogen-bond donors (Lipinski definition) is 1. The van der Waals surface area contributed by atoms with Crippen molar-refractivity contribution in [2.75, 3.05) is 31.9 Å². The molecule has 1 saturated heterocycles. The maximum Gasteiger partial charge on any atom is 0.254 e. The Morgan fingerprint density at radius 2 is 1.70 bits per heavy atom. The maximum absolute atomic E-state index is 13.7. The molecule has 5 nitrogen and oxygen atoms in total. The molecule has 0 aliphatic carbocycles. The first-order valence-corrected chi connectivity index (χ1v) is 9.12. The van der Waals surface area contributed by atoms with E-state index >= 15 is 0 Å². The fraction of sp³-hybridized carbons (Fsp3) is 0.333. The van der Waals surface area contributed by atoms with Gasteiger partial charge in [-0.2, -0.15) is 0 Å². The third-order valence-electron chi connectivity index (χ3n) is 5.00. The first-order chi connectivity index (χ1) is 13.0. The van der Waals surface area contributed by atoms with Gasteiger partial charge >= 0.3 is 0 Å². The standard InChI is InChI=1S/C21H24FN3O2/c1-15-6-7-17(14-18(15)22)21(27)25-12-10-24(11-13-25)20(26)9-8-16-4-2-3-5-19(16)23/h2-7,14H,8-13,23H2,1H3. The van der Waals surface area contributed by atoms with Gasteiger partial charge in [0.25, 0.3) is 5.91 Å². The SMILES string of the molecule is Cc1ccc(C(=O)N2CCN(C(=O)CCc3ccccc3N)CC2)cc1F. The summed E-state index contributed by atoms with van der Waals surface area (Å²) in [6.45, 7) is 3.55. The molecule has 0 spiro atoms. The van der Waals surface area contributed by atoms with E-state index in [1.165, 1.54) is 6.07 Å². The number of aryl methyl sites for hydroxylation is 2. The number of halogens is 1. The second-order valence-electron chi connectivity index (χ2n) is 6.84. The number of hydrogen-bond acceptors (Lipinski definition) is 3. The molecule has 0 radical (unpaired) electrons. The molecule has 2 aromatic rings. The van der Waals surface area contributed by atoms with Gasteiger partial charge in [0.1, 0.15) is 5.82 Å². The number of carbonyl (C=O) groups is 2. The highest BCUT2D eigenvalue weighted by molar-refractivity contribution is 5.94. The fourth-order valence-electron chi connectivity index (χ4n) is 3.23. The largest absolute Gasteiger partial charge is 0.399 e. The van der Waals surface area contributed by atoms with Crippen molar-refractivity contribution in [2.45, 2.75) is 19.8 Å². The van der Waals surface area contributed by atoms with Crippen LogP contribution in [0.5, 0.6) is 0 Å². The van der Waals surface area contributed by atoms with Gasteiger partial charge in [-0.3, -0.25) is 9.59 Å². The van der Waals surface area contributed by atoms with E-state index in [0.29, 0.717) is 55.8 Å². The minimum Gasteiger partial charge on any atom is -0.399 e. The third-order valence-corrected chi connectivity index (χ3v) is 5.00. The molecule has 1 heterocycles. The molecular formula is C21H24FN3O2. The van der Waals surface area contributed by atoms with E-state index in [-0.39, 0.29) is 17.6 Å². The van der Waals surface area contributed by atoms with Gasteiger partial charge in [0.2, 0.25) is 5.91 Å². The molecule has 0 aromatic heterocycles. The van der Waals surface area contributed by atoms with Crippen molar-refractivity contribution in [3.63, 3.8) is 0 Å². The number of nitrogens with two attached hydrogens (primary N) is 1. The third kappa shape index (κ3) is 4.45. The number of rotatable bonds is 4. The predicted molar refractivity (Wildman–Crippen MR) is 103 cm³/mol. The lowest BCUT2D eigenvalue weighted by Crippen LogP contribution is -2.50.